The van der Waals surface area contributed by atoms with E-state index >= 15 is 0 Å². The van der Waals surface area contributed by atoms with Crippen LogP contribution in [-0.4, -0.2) is 35.0 Å². The maximum absolute atomic E-state index is 12.9. The minimum Gasteiger partial charge on any atom is -0.323 e. The molecule has 0 spiro atoms. The molecule has 9 heteroatoms. The van der Waals surface area contributed by atoms with Gasteiger partial charge in [-0.15, -0.1) is 0 Å². The van der Waals surface area contributed by atoms with Gasteiger partial charge in [0.25, 0.3) is 0 Å². The molecule has 0 saturated carbocycles. The second-order valence-corrected chi connectivity index (χ2v) is 3.91. The van der Waals surface area contributed by atoms with E-state index in [2.05, 4.69) is 24.3 Å². The molecule has 0 fully saturated rings. The molecule has 0 aromatic rings. The van der Waals surface area contributed by atoms with Crippen LogP contribution in [0.25, 0.3) is 0 Å². The molecule has 0 heterocycles. The van der Waals surface area contributed by atoms with Crippen LogP contribution in [0.5, 0.6) is 0 Å². The molecule has 0 saturated heterocycles. The lowest BCUT2D eigenvalue weighted by Gasteiger charge is -2.23. The van der Waals surface area contributed by atoms with Gasteiger partial charge in [0.05, 0.1) is 0 Å². The van der Waals surface area contributed by atoms with Gasteiger partial charge in [-0.1, -0.05) is 0 Å². The number of hydrogen-bond donors (Lipinski definition) is 0. The van der Waals surface area contributed by atoms with Gasteiger partial charge in [-0.2, -0.15) is 12.8 Å². The molecule has 0 aromatic heterocycles. The first-order valence-corrected chi connectivity index (χ1v) is 5.05. The summed E-state index contributed by atoms with van der Waals surface area (Å²) in [5.41, 5.74) is 0. The van der Waals surface area contributed by atoms with Crippen molar-refractivity contribution in [3.63, 3.8) is 0 Å². The van der Waals surface area contributed by atoms with E-state index in [1.54, 1.807) is 0 Å². The Morgan fingerprint density at radius 1 is 1.38 bits per heavy atom. The fourth-order valence-corrected chi connectivity index (χ4v) is 0.935. The van der Waals surface area contributed by atoms with Crippen LogP contribution < -0.4 is 0 Å². The predicted octanol–water partition coefficient (Wildman–Crippen LogP) is 0.698. The Bertz CT molecular complexity index is 251. The molecule has 1 atom stereocenters. The summed E-state index contributed by atoms with van der Waals surface area (Å²) in [4.78, 5) is 0. The molecular formula is C4H7ClF2O5S. The van der Waals surface area contributed by atoms with Crippen LogP contribution in [0.1, 0.15) is 0 Å². The maximum atomic E-state index is 12.9. The molecule has 1 unspecified atom stereocenters. The summed E-state index contributed by atoms with van der Waals surface area (Å²) >= 11 is 0. The van der Waals surface area contributed by atoms with Crippen molar-refractivity contribution in [2.24, 2.45) is 0 Å². The van der Waals surface area contributed by atoms with E-state index in [1.807, 2.05) is 0 Å². The molecule has 0 aliphatic rings. The van der Waals surface area contributed by atoms with Gasteiger partial charge in [0.1, 0.15) is 0 Å². The number of hydrogen-bond acceptors (Lipinski definition) is 5. The van der Waals surface area contributed by atoms with Gasteiger partial charge in [0.2, 0.25) is 0 Å². The molecule has 5 nitrogen and oxygen atoms in total. The second-order valence-electron chi connectivity index (χ2n) is 1.80. The largest absolute Gasteiger partial charge is 0.378 e. The molecular weight excluding hydrogens is 234 g/mol. The third-order valence-electron chi connectivity index (χ3n) is 1.03. The summed E-state index contributed by atoms with van der Waals surface area (Å²) in [6, 6.07) is -3.30. The van der Waals surface area contributed by atoms with E-state index in [1.165, 1.54) is 0 Å². The SMILES string of the molecule is COC(F)(OC)C(F)OS(=O)(=O)Cl. The van der Waals surface area contributed by atoms with Crippen molar-refractivity contribution >= 4 is 20.0 Å². The highest BCUT2D eigenvalue weighted by atomic mass is 35.7. The van der Waals surface area contributed by atoms with Crippen LogP contribution in [0, 0.1) is 0 Å². The van der Waals surface area contributed by atoms with E-state index in [0.717, 1.165) is 14.2 Å². The first kappa shape index (κ1) is 13.0. The number of methoxy groups -OCH3 is 2. The summed E-state index contributed by atoms with van der Waals surface area (Å²) in [6.45, 7) is 0. The lowest BCUT2D eigenvalue weighted by Crippen LogP contribution is -2.41. The molecule has 13 heavy (non-hydrogen) atoms. The Kier molecular flexibility index (Phi) is 4.46. The monoisotopic (exact) mass is 240 g/mol. The molecule has 0 bridgehead atoms. The van der Waals surface area contributed by atoms with Crippen molar-refractivity contribution in [1.29, 1.82) is 0 Å². The Hall–Kier alpha value is -0.0200. The maximum Gasteiger partial charge on any atom is 0.378 e. The zero-order valence-electron chi connectivity index (χ0n) is 6.66. The van der Waals surface area contributed by atoms with Crippen LogP contribution in [0.15, 0.2) is 0 Å². The summed E-state index contributed by atoms with van der Waals surface area (Å²) in [6.07, 6.45) is -3.00. The van der Waals surface area contributed by atoms with Gasteiger partial charge in [0.15, 0.2) is 0 Å². The van der Waals surface area contributed by atoms with E-state index < -0.39 is 21.7 Å². The third-order valence-corrected chi connectivity index (χ3v) is 1.64. The minimum atomic E-state index is -4.63. The molecule has 0 radical (unpaired) electrons. The van der Waals surface area contributed by atoms with Crippen molar-refractivity contribution in [3.8, 4) is 0 Å². The summed E-state index contributed by atoms with van der Waals surface area (Å²) in [5.74, 6) is 0. The summed E-state index contributed by atoms with van der Waals surface area (Å²) < 4.78 is 57.0. The molecule has 0 amide bonds. The lowest BCUT2D eigenvalue weighted by molar-refractivity contribution is -0.354. The Morgan fingerprint density at radius 2 is 1.77 bits per heavy atom. The van der Waals surface area contributed by atoms with Crippen molar-refractivity contribution in [2.45, 2.75) is 12.4 Å². The van der Waals surface area contributed by atoms with Gasteiger partial charge in [-0.3, -0.25) is 0 Å². The highest BCUT2D eigenvalue weighted by molar-refractivity contribution is 8.10. The number of ether oxygens (including phenoxy) is 2. The zero-order chi connectivity index (χ0) is 10.7. The van der Waals surface area contributed by atoms with Crippen LogP contribution >= 0.6 is 10.7 Å². The normalized spacial score (nSPS) is 15.8. The highest BCUT2D eigenvalue weighted by Crippen LogP contribution is 2.24. The first-order valence-electron chi connectivity index (χ1n) is 2.81. The Balaban J connectivity index is 4.49. The molecule has 0 aliphatic carbocycles. The van der Waals surface area contributed by atoms with Gasteiger partial charge in [-0.25, -0.2) is 8.57 Å². The topological polar surface area (TPSA) is 61.8 Å². The summed E-state index contributed by atoms with van der Waals surface area (Å²) in [7, 11) is 1.38. The molecule has 0 N–H and O–H groups in total. The molecule has 0 aliphatic heterocycles. The van der Waals surface area contributed by atoms with Crippen molar-refractivity contribution in [3.05, 3.63) is 0 Å². The quantitative estimate of drug-likeness (QED) is 0.523. The van der Waals surface area contributed by atoms with Crippen LogP contribution in [0.2, 0.25) is 0 Å². The minimum absolute atomic E-state index is 0.764. The van der Waals surface area contributed by atoms with Crippen LogP contribution in [0.4, 0.5) is 8.78 Å². The van der Waals surface area contributed by atoms with E-state index in [-0.39, 0.29) is 0 Å². The number of halogens is 3. The average Bonchev–Trinajstić information content (AvgIpc) is 2.00. The van der Waals surface area contributed by atoms with E-state index in [0.29, 0.717) is 0 Å². The van der Waals surface area contributed by atoms with Crippen molar-refractivity contribution in [1.82, 2.24) is 0 Å². The van der Waals surface area contributed by atoms with Crippen LogP contribution in [0.3, 0.4) is 0 Å². The second kappa shape index (κ2) is 4.47. The van der Waals surface area contributed by atoms with Gasteiger partial charge < -0.3 is 9.47 Å². The fourth-order valence-electron chi connectivity index (χ4n) is 0.427. The van der Waals surface area contributed by atoms with E-state index in [9.17, 15) is 17.2 Å². The fraction of sp³-hybridized carbons (Fsp3) is 1.00. The molecule has 0 aromatic carbocycles. The van der Waals surface area contributed by atoms with Crippen LogP contribution in [-0.2, 0) is 23.0 Å². The zero-order valence-corrected chi connectivity index (χ0v) is 8.23. The number of rotatable bonds is 5. The predicted molar refractivity (Wildman–Crippen MR) is 38.6 cm³/mol. The standard InChI is InChI=1S/C4H7ClF2O5S/c1-10-4(7,11-2)3(6)12-13(5,8)9/h3H,1-2H3. The molecule has 0 rings (SSSR count). The third kappa shape index (κ3) is 4.14. The lowest BCUT2D eigenvalue weighted by atomic mass is 10.6. The Morgan fingerprint density at radius 3 is 2.00 bits per heavy atom. The van der Waals surface area contributed by atoms with Crippen molar-refractivity contribution < 1.29 is 30.9 Å². The number of alkyl halides is 2. The average molecular weight is 241 g/mol. The summed E-state index contributed by atoms with van der Waals surface area (Å²) in [5, 5.41) is 0. The smallest absolute Gasteiger partial charge is 0.323 e. The first-order chi connectivity index (χ1) is 5.75. The highest BCUT2D eigenvalue weighted by Gasteiger charge is 2.44. The van der Waals surface area contributed by atoms with Gasteiger partial charge in [0, 0.05) is 24.9 Å². The van der Waals surface area contributed by atoms with E-state index in [4.69, 9.17) is 0 Å². The molecule has 80 valence electrons. The van der Waals surface area contributed by atoms with Gasteiger partial charge >= 0.3 is 21.7 Å². The Labute approximate surface area is 78.1 Å². The van der Waals surface area contributed by atoms with Crippen molar-refractivity contribution in [2.75, 3.05) is 14.2 Å². The van der Waals surface area contributed by atoms with Gasteiger partial charge in [-0.05, 0) is 0 Å².